The fourth-order valence-corrected chi connectivity index (χ4v) is 5.28. The van der Waals surface area contributed by atoms with Gasteiger partial charge in [0.1, 0.15) is 0 Å². The van der Waals surface area contributed by atoms with Crippen LogP contribution in [0.25, 0.3) is 0 Å². The lowest BCUT2D eigenvalue weighted by Gasteiger charge is -2.04. The van der Waals surface area contributed by atoms with Crippen molar-refractivity contribution >= 4 is 5.78 Å². The summed E-state index contributed by atoms with van der Waals surface area (Å²) in [5, 5.41) is 8.78. The molecule has 0 saturated carbocycles. The fraction of sp³-hybridized carbons (Fsp3) is 0.914. The molecule has 0 fully saturated rings. The van der Waals surface area contributed by atoms with Crippen LogP contribution in [-0.2, 0) is 4.79 Å². The normalized spacial score (nSPS) is 11.9. The Labute approximate surface area is 233 Å². The lowest BCUT2D eigenvalue weighted by molar-refractivity contribution is -0.114. The number of ketones is 1. The van der Waals surface area contributed by atoms with Gasteiger partial charge in [0.05, 0.1) is 0 Å². The van der Waals surface area contributed by atoms with Crippen LogP contribution in [-0.4, -0.2) is 17.5 Å². The number of unbranched alkanes of at least 4 members (excludes halogenated alkanes) is 26. The fourth-order valence-electron chi connectivity index (χ4n) is 5.28. The van der Waals surface area contributed by atoms with Gasteiger partial charge >= 0.3 is 0 Å². The maximum Gasteiger partial charge on any atom is 0.155 e. The highest BCUT2D eigenvalue weighted by molar-refractivity contribution is 5.90. The van der Waals surface area contributed by atoms with E-state index in [2.05, 4.69) is 13.8 Å². The van der Waals surface area contributed by atoms with Crippen molar-refractivity contribution in [3.63, 3.8) is 0 Å². The average Bonchev–Trinajstić information content (AvgIpc) is 2.90. The Hall–Kier alpha value is -0.630. The van der Waals surface area contributed by atoms with Gasteiger partial charge in [0, 0.05) is 13.0 Å². The van der Waals surface area contributed by atoms with Crippen molar-refractivity contribution in [1.29, 1.82) is 0 Å². The van der Waals surface area contributed by atoms with Gasteiger partial charge in [-0.1, -0.05) is 173 Å². The van der Waals surface area contributed by atoms with Crippen molar-refractivity contribution in [1.82, 2.24) is 0 Å². The molecule has 1 N–H and O–H groups in total. The third-order valence-corrected chi connectivity index (χ3v) is 8.05. The summed E-state index contributed by atoms with van der Waals surface area (Å²) in [5.41, 5.74) is 1.21. The summed E-state index contributed by atoms with van der Waals surface area (Å²) in [6, 6.07) is 0. The summed E-state index contributed by atoms with van der Waals surface area (Å²) in [6.45, 7) is 4.53. The van der Waals surface area contributed by atoms with E-state index in [0.717, 1.165) is 25.7 Å². The minimum absolute atomic E-state index is 0.324. The van der Waals surface area contributed by atoms with Crippen LogP contribution in [0.3, 0.4) is 0 Å². The number of aliphatic hydroxyl groups is 1. The van der Waals surface area contributed by atoms with Crippen molar-refractivity contribution in [2.75, 3.05) is 6.61 Å². The third kappa shape index (κ3) is 31.5. The molecule has 0 unspecified atom stereocenters. The van der Waals surface area contributed by atoms with Gasteiger partial charge in [-0.25, -0.2) is 0 Å². The van der Waals surface area contributed by atoms with Crippen molar-refractivity contribution in [3.8, 4) is 0 Å². The summed E-state index contributed by atoms with van der Waals surface area (Å²) in [6.07, 6.45) is 40.7. The first-order valence-electron chi connectivity index (χ1n) is 17.0. The Morgan fingerprint density at radius 3 is 0.946 bits per heavy atom. The molecule has 0 aliphatic heterocycles. The van der Waals surface area contributed by atoms with Crippen LogP contribution in [0, 0.1) is 0 Å². The lowest BCUT2D eigenvalue weighted by Crippen LogP contribution is -1.94. The molecule has 0 bridgehead atoms. The van der Waals surface area contributed by atoms with E-state index in [1.807, 2.05) is 6.08 Å². The second-order valence-corrected chi connectivity index (χ2v) is 11.8. The quantitative estimate of drug-likeness (QED) is 0.0728. The minimum Gasteiger partial charge on any atom is -0.396 e. The molecule has 2 nitrogen and oxygen atoms in total. The first-order chi connectivity index (χ1) is 18.2. The highest BCUT2D eigenvalue weighted by Crippen LogP contribution is 2.16. The maximum atomic E-state index is 11.8. The summed E-state index contributed by atoms with van der Waals surface area (Å²) >= 11 is 0. The molecule has 0 aromatic carbocycles. The Balaban J connectivity index is 3.10. The van der Waals surface area contributed by atoms with Crippen LogP contribution in [0.1, 0.15) is 200 Å². The molecule has 0 radical (unpaired) electrons. The molecular formula is C35H68O2. The highest BCUT2D eigenvalue weighted by atomic mass is 16.2. The van der Waals surface area contributed by atoms with Crippen molar-refractivity contribution < 1.29 is 9.90 Å². The van der Waals surface area contributed by atoms with Crippen molar-refractivity contribution in [2.24, 2.45) is 0 Å². The number of rotatable bonds is 31. The molecular weight excluding hydrogens is 452 g/mol. The van der Waals surface area contributed by atoms with Gasteiger partial charge < -0.3 is 5.11 Å². The van der Waals surface area contributed by atoms with E-state index in [1.54, 1.807) is 0 Å². The van der Waals surface area contributed by atoms with Crippen molar-refractivity contribution in [2.45, 2.75) is 200 Å². The monoisotopic (exact) mass is 521 g/mol. The summed E-state index contributed by atoms with van der Waals surface area (Å²) in [4.78, 5) is 11.8. The Kier molecular flexibility index (Phi) is 31.0. The molecule has 0 aromatic rings. The Morgan fingerprint density at radius 2 is 0.703 bits per heavy atom. The molecule has 0 heterocycles. The van der Waals surface area contributed by atoms with Crippen LogP contribution in [0.4, 0.5) is 0 Å². The predicted octanol–water partition coefficient (Wildman–Crippen LogP) is 11.8. The number of carbonyl (C=O) groups is 1. The van der Waals surface area contributed by atoms with Gasteiger partial charge in [-0.15, -0.1) is 0 Å². The Morgan fingerprint density at radius 1 is 0.459 bits per heavy atom. The van der Waals surface area contributed by atoms with Crippen LogP contribution in [0.2, 0.25) is 0 Å². The van der Waals surface area contributed by atoms with Gasteiger partial charge in [-0.05, 0) is 32.3 Å². The van der Waals surface area contributed by atoms with Gasteiger partial charge in [0.15, 0.2) is 5.78 Å². The molecule has 0 aliphatic rings. The lowest BCUT2D eigenvalue weighted by atomic mass is 10.0. The molecule has 0 atom stereocenters. The van der Waals surface area contributed by atoms with Crippen LogP contribution >= 0.6 is 0 Å². The van der Waals surface area contributed by atoms with E-state index >= 15 is 0 Å². The molecule has 0 aliphatic carbocycles. The molecule has 0 aromatic heterocycles. The SMILES string of the molecule is CCC(C)=CC(=O)CCCCCCCCCCCCCCCCCCCCCCCCCCCCCO. The molecule has 0 amide bonds. The highest BCUT2D eigenvalue weighted by Gasteiger charge is 1.99. The molecule has 220 valence electrons. The summed E-state index contributed by atoms with van der Waals surface area (Å²) in [7, 11) is 0. The maximum absolute atomic E-state index is 11.8. The Bertz CT molecular complexity index is 482. The molecule has 0 spiro atoms. The largest absolute Gasteiger partial charge is 0.396 e. The second-order valence-electron chi connectivity index (χ2n) is 11.8. The standard InChI is InChI=1S/C35H68O2/c1-3-34(2)33-35(37)31-29-27-25-23-21-19-17-15-13-11-9-7-5-4-6-8-10-12-14-16-18-20-22-24-26-28-30-32-36/h33,36H,3-32H2,1-2H3. The minimum atomic E-state index is 0.324. The number of hydrogen-bond acceptors (Lipinski definition) is 2. The number of carbonyl (C=O) groups excluding carboxylic acids is 1. The van der Waals surface area contributed by atoms with E-state index in [4.69, 9.17) is 5.11 Å². The first kappa shape index (κ1) is 36.4. The van der Waals surface area contributed by atoms with E-state index in [0.29, 0.717) is 12.4 Å². The van der Waals surface area contributed by atoms with Gasteiger partial charge in [-0.2, -0.15) is 0 Å². The van der Waals surface area contributed by atoms with E-state index in [-0.39, 0.29) is 0 Å². The number of allylic oxidation sites excluding steroid dienone is 2. The zero-order valence-corrected chi connectivity index (χ0v) is 25.6. The predicted molar refractivity (Wildman–Crippen MR) is 165 cm³/mol. The van der Waals surface area contributed by atoms with Gasteiger partial charge in [-0.3, -0.25) is 4.79 Å². The summed E-state index contributed by atoms with van der Waals surface area (Å²) in [5.74, 6) is 0.324. The molecule has 2 heteroatoms. The van der Waals surface area contributed by atoms with Crippen LogP contribution in [0.5, 0.6) is 0 Å². The van der Waals surface area contributed by atoms with E-state index in [9.17, 15) is 4.79 Å². The van der Waals surface area contributed by atoms with Crippen LogP contribution in [0.15, 0.2) is 11.6 Å². The van der Waals surface area contributed by atoms with Gasteiger partial charge in [0.25, 0.3) is 0 Å². The first-order valence-corrected chi connectivity index (χ1v) is 17.0. The smallest absolute Gasteiger partial charge is 0.155 e. The number of hydrogen-bond donors (Lipinski definition) is 1. The summed E-state index contributed by atoms with van der Waals surface area (Å²) < 4.78 is 0. The average molecular weight is 521 g/mol. The number of aliphatic hydroxyl groups excluding tert-OH is 1. The molecule has 37 heavy (non-hydrogen) atoms. The van der Waals surface area contributed by atoms with E-state index in [1.165, 1.54) is 166 Å². The molecule has 0 rings (SSSR count). The van der Waals surface area contributed by atoms with Gasteiger partial charge in [0.2, 0.25) is 0 Å². The molecule has 0 saturated heterocycles. The zero-order valence-electron chi connectivity index (χ0n) is 25.6. The second kappa shape index (κ2) is 31.6. The zero-order chi connectivity index (χ0) is 27.1. The van der Waals surface area contributed by atoms with Crippen molar-refractivity contribution in [3.05, 3.63) is 11.6 Å². The van der Waals surface area contributed by atoms with Crippen LogP contribution < -0.4 is 0 Å². The van der Waals surface area contributed by atoms with E-state index < -0.39 is 0 Å². The third-order valence-electron chi connectivity index (χ3n) is 8.05. The topological polar surface area (TPSA) is 37.3 Å².